The van der Waals surface area contributed by atoms with Crippen LogP contribution in [0.1, 0.15) is 12.8 Å². The fourth-order valence-corrected chi connectivity index (χ4v) is 2.65. The summed E-state index contributed by atoms with van der Waals surface area (Å²) in [6.07, 6.45) is 2.49. The second-order valence-corrected chi connectivity index (χ2v) is 5.35. The van der Waals surface area contributed by atoms with Crippen molar-refractivity contribution in [3.05, 3.63) is 0 Å². The summed E-state index contributed by atoms with van der Waals surface area (Å²) in [6, 6.07) is 0.418. The summed E-state index contributed by atoms with van der Waals surface area (Å²) in [7, 11) is 2.21. The highest BCUT2D eigenvalue weighted by Gasteiger charge is 2.18. The molecule has 1 unspecified atom stereocenters. The average molecular weight is 226 g/mol. The van der Waals surface area contributed by atoms with Crippen molar-refractivity contribution in [2.45, 2.75) is 18.9 Å². The Balaban J connectivity index is 1.63. The highest BCUT2D eigenvalue weighted by Crippen LogP contribution is 2.08. The molecular weight excluding hydrogens is 200 g/mol. The normalized spacial score (nSPS) is 30.8. The Bertz CT molecular complexity index is 201. The zero-order chi connectivity index (χ0) is 11.4. The predicted molar refractivity (Wildman–Crippen MR) is 67.6 cm³/mol. The maximum absolute atomic E-state index is 5.99. The van der Waals surface area contributed by atoms with Crippen molar-refractivity contribution < 1.29 is 0 Å². The molecule has 0 bridgehead atoms. The quantitative estimate of drug-likeness (QED) is 0.714. The van der Waals surface area contributed by atoms with E-state index in [-0.39, 0.29) is 0 Å². The number of nitrogens with two attached hydrogens (primary N) is 1. The van der Waals surface area contributed by atoms with Gasteiger partial charge in [-0.3, -0.25) is 4.90 Å². The third-order valence-corrected chi connectivity index (χ3v) is 3.87. The summed E-state index contributed by atoms with van der Waals surface area (Å²) in [5.41, 5.74) is 5.99. The first-order valence-electron chi connectivity index (χ1n) is 6.63. The van der Waals surface area contributed by atoms with Crippen LogP contribution >= 0.6 is 0 Å². The number of piperidine rings is 1. The Morgan fingerprint density at radius 1 is 1.00 bits per heavy atom. The third kappa shape index (κ3) is 3.70. The molecule has 0 spiro atoms. The van der Waals surface area contributed by atoms with Gasteiger partial charge in [-0.05, 0) is 26.4 Å². The molecular formula is C12H26N4. The molecule has 94 valence electrons. The van der Waals surface area contributed by atoms with Gasteiger partial charge in [0.2, 0.25) is 0 Å². The van der Waals surface area contributed by atoms with E-state index < -0.39 is 0 Å². The van der Waals surface area contributed by atoms with Gasteiger partial charge >= 0.3 is 0 Å². The zero-order valence-corrected chi connectivity index (χ0v) is 10.6. The minimum Gasteiger partial charge on any atom is -0.327 e. The number of hydrogen-bond acceptors (Lipinski definition) is 4. The van der Waals surface area contributed by atoms with Crippen molar-refractivity contribution in [1.82, 2.24) is 14.7 Å². The highest BCUT2D eigenvalue weighted by atomic mass is 15.3. The van der Waals surface area contributed by atoms with Crippen LogP contribution in [0.25, 0.3) is 0 Å². The monoisotopic (exact) mass is 226 g/mol. The molecule has 4 nitrogen and oxygen atoms in total. The Morgan fingerprint density at radius 3 is 2.38 bits per heavy atom. The van der Waals surface area contributed by atoms with E-state index in [2.05, 4.69) is 21.7 Å². The summed E-state index contributed by atoms with van der Waals surface area (Å²) in [6.45, 7) is 9.69. The van der Waals surface area contributed by atoms with Crippen LogP contribution in [-0.4, -0.2) is 80.1 Å². The first kappa shape index (κ1) is 12.3. The zero-order valence-electron chi connectivity index (χ0n) is 10.6. The van der Waals surface area contributed by atoms with Crippen molar-refractivity contribution >= 4 is 0 Å². The van der Waals surface area contributed by atoms with Gasteiger partial charge in [-0.15, -0.1) is 0 Å². The smallest absolute Gasteiger partial charge is 0.0168 e. The van der Waals surface area contributed by atoms with E-state index in [1.165, 1.54) is 58.7 Å². The fourth-order valence-electron chi connectivity index (χ4n) is 2.65. The summed E-state index contributed by atoms with van der Waals surface area (Å²) >= 11 is 0. The van der Waals surface area contributed by atoms with Crippen LogP contribution in [0.15, 0.2) is 0 Å². The second kappa shape index (κ2) is 5.96. The first-order chi connectivity index (χ1) is 7.74. The SMILES string of the molecule is CN1CCN(CCN2CCCC(N)C2)CC1. The molecule has 0 saturated carbocycles. The topological polar surface area (TPSA) is 35.7 Å². The number of rotatable bonds is 3. The van der Waals surface area contributed by atoms with E-state index in [1.54, 1.807) is 0 Å². The van der Waals surface area contributed by atoms with Gasteiger partial charge in [-0.1, -0.05) is 0 Å². The van der Waals surface area contributed by atoms with Crippen LogP contribution in [0.4, 0.5) is 0 Å². The molecule has 16 heavy (non-hydrogen) atoms. The van der Waals surface area contributed by atoms with E-state index in [1.807, 2.05) is 0 Å². The van der Waals surface area contributed by atoms with Crippen LogP contribution in [0.3, 0.4) is 0 Å². The van der Waals surface area contributed by atoms with Gasteiger partial charge in [0.25, 0.3) is 0 Å². The molecule has 2 fully saturated rings. The number of likely N-dealkylation sites (N-methyl/N-ethyl adjacent to an activating group) is 1. The Labute approximate surface area is 99.4 Å². The molecule has 1 atom stereocenters. The standard InChI is InChI=1S/C12H26N4/c1-14-5-7-15(8-6-14)9-10-16-4-2-3-12(13)11-16/h12H,2-11,13H2,1H3. The van der Waals surface area contributed by atoms with Crippen molar-refractivity contribution in [2.24, 2.45) is 5.73 Å². The molecule has 0 radical (unpaired) electrons. The van der Waals surface area contributed by atoms with Crippen molar-refractivity contribution in [3.8, 4) is 0 Å². The van der Waals surface area contributed by atoms with Gasteiger partial charge < -0.3 is 15.5 Å². The molecule has 2 saturated heterocycles. The molecule has 2 aliphatic heterocycles. The number of nitrogens with zero attached hydrogens (tertiary/aromatic N) is 3. The minimum atomic E-state index is 0.418. The van der Waals surface area contributed by atoms with Gasteiger partial charge in [0.05, 0.1) is 0 Å². The van der Waals surface area contributed by atoms with Gasteiger partial charge in [0, 0.05) is 51.9 Å². The highest BCUT2D eigenvalue weighted by molar-refractivity contribution is 4.77. The van der Waals surface area contributed by atoms with Gasteiger partial charge in [-0.25, -0.2) is 0 Å². The maximum atomic E-state index is 5.99. The third-order valence-electron chi connectivity index (χ3n) is 3.87. The molecule has 2 N–H and O–H groups in total. The summed E-state index contributed by atoms with van der Waals surface area (Å²) in [5, 5.41) is 0. The minimum absolute atomic E-state index is 0.418. The lowest BCUT2D eigenvalue weighted by Crippen LogP contribution is -2.49. The molecule has 0 aromatic heterocycles. The second-order valence-electron chi connectivity index (χ2n) is 5.35. The number of piperazine rings is 1. The average Bonchev–Trinajstić information content (AvgIpc) is 2.28. The molecule has 2 rings (SSSR count). The molecule has 2 aliphatic rings. The molecule has 0 amide bonds. The van der Waals surface area contributed by atoms with Gasteiger partial charge in [-0.2, -0.15) is 0 Å². The van der Waals surface area contributed by atoms with Crippen LogP contribution in [0.2, 0.25) is 0 Å². The van der Waals surface area contributed by atoms with Crippen LogP contribution in [0.5, 0.6) is 0 Å². The Hall–Kier alpha value is -0.160. The van der Waals surface area contributed by atoms with Crippen molar-refractivity contribution in [2.75, 3.05) is 59.4 Å². The maximum Gasteiger partial charge on any atom is 0.0168 e. The van der Waals surface area contributed by atoms with Crippen LogP contribution in [0, 0.1) is 0 Å². The Morgan fingerprint density at radius 2 is 1.69 bits per heavy atom. The van der Waals surface area contributed by atoms with Gasteiger partial charge in [0.1, 0.15) is 0 Å². The van der Waals surface area contributed by atoms with Crippen molar-refractivity contribution in [1.29, 1.82) is 0 Å². The lowest BCUT2D eigenvalue weighted by Gasteiger charge is -2.35. The Kier molecular flexibility index (Phi) is 4.58. The van der Waals surface area contributed by atoms with Crippen LogP contribution in [-0.2, 0) is 0 Å². The summed E-state index contributed by atoms with van der Waals surface area (Å²) < 4.78 is 0. The van der Waals surface area contributed by atoms with Crippen molar-refractivity contribution in [3.63, 3.8) is 0 Å². The summed E-state index contributed by atoms with van der Waals surface area (Å²) in [4.78, 5) is 7.53. The molecule has 0 aliphatic carbocycles. The van der Waals surface area contributed by atoms with Crippen LogP contribution < -0.4 is 5.73 Å². The molecule has 4 heteroatoms. The van der Waals surface area contributed by atoms with E-state index in [4.69, 9.17) is 5.73 Å². The largest absolute Gasteiger partial charge is 0.327 e. The van der Waals surface area contributed by atoms with E-state index in [0.29, 0.717) is 6.04 Å². The van der Waals surface area contributed by atoms with Gasteiger partial charge in [0.15, 0.2) is 0 Å². The molecule has 0 aromatic carbocycles. The lowest BCUT2D eigenvalue weighted by molar-refractivity contribution is 0.125. The number of hydrogen-bond donors (Lipinski definition) is 1. The first-order valence-corrected chi connectivity index (χ1v) is 6.63. The lowest BCUT2D eigenvalue weighted by atomic mass is 10.1. The number of likely N-dealkylation sites (tertiary alicyclic amines) is 1. The van der Waals surface area contributed by atoms with E-state index in [0.717, 1.165) is 6.54 Å². The molecule has 2 heterocycles. The molecule has 0 aromatic rings. The van der Waals surface area contributed by atoms with E-state index in [9.17, 15) is 0 Å². The summed E-state index contributed by atoms with van der Waals surface area (Å²) in [5.74, 6) is 0. The fraction of sp³-hybridized carbons (Fsp3) is 1.00. The predicted octanol–water partition coefficient (Wildman–Crippen LogP) is -0.343. The van der Waals surface area contributed by atoms with E-state index >= 15 is 0 Å².